The van der Waals surface area contributed by atoms with E-state index in [1.807, 2.05) is 41.5 Å². The number of aromatic nitrogens is 2. The van der Waals surface area contributed by atoms with Crippen molar-refractivity contribution in [3.05, 3.63) is 56.0 Å². The standard InChI is InChI=1S/C24H31F2N2O8PS/c1-22(2,3)13-9-14(23(4,5)6)18-12(16(13)25)10-33-37(32,36-18)34-11-24(26)19(30)17(29)20(35-24)28-8-7-15(38)27-21(28)31/h7-9,17,19-20,29-30H,10-11H2,1-6H3,(H,27,31,38)/t17-,19+,20-,24-,37?/m1/s1/i20D. The van der Waals surface area contributed by atoms with Crippen molar-refractivity contribution in [1.29, 1.82) is 0 Å². The molecule has 1 saturated heterocycles. The molecule has 0 radical (unpaired) electrons. The Balaban J connectivity index is 1.64. The molecule has 0 aliphatic carbocycles. The van der Waals surface area contributed by atoms with Crippen molar-refractivity contribution in [3.8, 4) is 5.75 Å². The van der Waals surface area contributed by atoms with E-state index >= 15 is 8.78 Å². The molecule has 38 heavy (non-hydrogen) atoms. The Morgan fingerprint density at radius 3 is 2.50 bits per heavy atom. The van der Waals surface area contributed by atoms with Crippen LogP contribution in [-0.2, 0) is 35.8 Å². The van der Waals surface area contributed by atoms with Gasteiger partial charge in [-0.2, -0.15) is 0 Å². The first kappa shape index (κ1) is 27.6. The van der Waals surface area contributed by atoms with Gasteiger partial charge in [0, 0.05) is 11.8 Å². The highest BCUT2D eigenvalue weighted by molar-refractivity contribution is 7.71. The molecule has 1 unspecified atom stereocenters. The van der Waals surface area contributed by atoms with Crippen molar-refractivity contribution in [1.82, 2.24) is 9.55 Å². The minimum Gasteiger partial charge on any atom is -0.403 e. The summed E-state index contributed by atoms with van der Waals surface area (Å²) in [5.74, 6) is -3.99. The summed E-state index contributed by atoms with van der Waals surface area (Å²) in [4.78, 5) is 14.5. The predicted octanol–water partition coefficient (Wildman–Crippen LogP) is 4.29. The Bertz CT molecular complexity index is 1470. The first-order valence-electron chi connectivity index (χ1n) is 12.2. The zero-order valence-corrected chi connectivity index (χ0v) is 23.4. The third-order valence-electron chi connectivity index (χ3n) is 6.24. The van der Waals surface area contributed by atoms with E-state index in [1.54, 1.807) is 6.07 Å². The summed E-state index contributed by atoms with van der Waals surface area (Å²) in [5, 5.41) is 20.9. The van der Waals surface area contributed by atoms with Gasteiger partial charge in [0.2, 0.25) is 0 Å². The lowest BCUT2D eigenvalue weighted by Crippen LogP contribution is -2.43. The molecule has 210 valence electrons. The highest BCUT2D eigenvalue weighted by atomic mass is 32.1. The van der Waals surface area contributed by atoms with Gasteiger partial charge < -0.3 is 19.5 Å². The van der Waals surface area contributed by atoms with E-state index in [-0.39, 0.29) is 16.0 Å². The number of nitrogens with zero attached hydrogens (tertiary/aromatic N) is 1. The number of benzene rings is 1. The minimum atomic E-state index is -4.62. The number of halogens is 2. The molecule has 1 fully saturated rings. The van der Waals surface area contributed by atoms with Crippen LogP contribution in [0.4, 0.5) is 8.78 Å². The molecule has 14 heteroatoms. The first-order chi connectivity index (χ1) is 17.7. The molecule has 3 heterocycles. The maximum absolute atomic E-state index is 15.8. The van der Waals surface area contributed by atoms with E-state index in [0.717, 1.165) is 6.20 Å². The van der Waals surface area contributed by atoms with Crippen molar-refractivity contribution in [2.24, 2.45) is 0 Å². The van der Waals surface area contributed by atoms with E-state index in [0.29, 0.717) is 15.7 Å². The molecule has 1 aromatic carbocycles. The summed E-state index contributed by atoms with van der Waals surface area (Å²) in [6.07, 6.45) is -6.54. The van der Waals surface area contributed by atoms with Gasteiger partial charge in [0.1, 0.15) is 35.0 Å². The number of nitrogens with one attached hydrogen (secondary N) is 1. The second-order valence-corrected chi connectivity index (χ2v) is 13.3. The summed E-state index contributed by atoms with van der Waals surface area (Å²) in [6.45, 7) is 9.23. The van der Waals surface area contributed by atoms with Gasteiger partial charge in [-0.3, -0.25) is 18.6 Å². The van der Waals surface area contributed by atoms with E-state index < -0.39 is 67.6 Å². The molecule has 10 nitrogen and oxygen atoms in total. The van der Waals surface area contributed by atoms with Gasteiger partial charge in [0.05, 0.1) is 13.5 Å². The second-order valence-electron chi connectivity index (χ2n) is 11.3. The average Bonchev–Trinajstić information content (AvgIpc) is 2.97. The number of H-pyrrole nitrogens is 1. The normalized spacial score (nSPS) is 32.0. The topological polar surface area (TPSA) is 132 Å². The fourth-order valence-corrected chi connectivity index (χ4v) is 5.49. The van der Waals surface area contributed by atoms with Crippen LogP contribution < -0.4 is 10.2 Å². The average molecular weight is 578 g/mol. The number of fused-ring (bicyclic) bond motifs is 1. The highest BCUT2D eigenvalue weighted by Gasteiger charge is 2.58. The molecular weight excluding hydrogens is 545 g/mol. The van der Waals surface area contributed by atoms with Gasteiger partial charge in [-0.05, 0) is 28.5 Å². The van der Waals surface area contributed by atoms with Crippen LogP contribution in [0.1, 0.15) is 65.8 Å². The number of aromatic amines is 1. The predicted molar refractivity (Wildman–Crippen MR) is 135 cm³/mol. The van der Waals surface area contributed by atoms with Crippen LogP contribution in [0.2, 0.25) is 0 Å². The molecule has 2 aromatic rings. The number of rotatable bonds is 4. The third-order valence-corrected chi connectivity index (χ3v) is 7.78. The number of phosphoric ester groups is 1. The smallest absolute Gasteiger partial charge is 0.403 e. The highest BCUT2D eigenvalue weighted by Crippen LogP contribution is 2.58. The molecule has 4 rings (SSSR count). The van der Waals surface area contributed by atoms with Crippen molar-refractivity contribution in [3.63, 3.8) is 0 Å². The van der Waals surface area contributed by atoms with Crippen LogP contribution in [0.3, 0.4) is 0 Å². The van der Waals surface area contributed by atoms with Crippen LogP contribution in [0, 0.1) is 10.5 Å². The van der Waals surface area contributed by atoms with E-state index in [1.165, 1.54) is 6.07 Å². The number of phosphoric acid groups is 1. The molecule has 0 amide bonds. The van der Waals surface area contributed by atoms with Crippen molar-refractivity contribution in [2.75, 3.05) is 6.61 Å². The maximum Gasteiger partial charge on any atom is 0.530 e. The largest absolute Gasteiger partial charge is 0.530 e. The Hall–Kier alpha value is -1.99. The molecule has 3 N–H and O–H groups in total. The molecule has 0 saturated carbocycles. The number of hydrogen-bond acceptors (Lipinski definition) is 9. The zero-order valence-electron chi connectivity index (χ0n) is 22.7. The quantitative estimate of drug-likeness (QED) is 0.360. The summed E-state index contributed by atoms with van der Waals surface area (Å²) in [6, 6.07) is 2.82. The lowest BCUT2D eigenvalue weighted by molar-refractivity contribution is -0.205. The Morgan fingerprint density at radius 1 is 1.29 bits per heavy atom. The molecular formula is C24H31F2N2O8PS. The maximum atomic E-state index is 15.8. The number of aliphatic hydroxyl groups is 2. The van der Waals surface area contributed by atoms with Gasteiger partial charge in [-0.1, -0.05) is 53.8 Å². The first-order valence-corrected chi connectivity index (χ1v) is 13.6. The van der Waals surface area contributed by atoms with Gasteiger partial charge in [0.25, 0.3) is 5.85 Å². The number of aliphatic hydroxyl groups excluding tert-OH is 2. The molecule has 0 bridgehead atoms. The summed E-state index contributed by atoms with van der Waals surface area (Å²) < 4.78 is 74.5. The number of hydrogen-bond donors (Lipinski definition) is 3. The minimum absolute atomic E-state index is 0.00777. The number of alkyl halides is 1. The van der Waals surface area contributed by atoms with E-state index in [2.05, 4.69) is 4.98 Å². The van der Waals surface area contributed by atoms with E-state index in [9.17, 15) is 19.6 Å². The monoisotopic (exact) mass is 577 g/mol. The fourth-order valence-electron chi connectivity index (χ4n) is 4.11. The molecule has 2 aliphatic rings. The van der Waals surface area contributed by atoms with Crippen LogP contribution in [0.5, 0.6) is 5.75 Å². The summed E-state index contributed by atoms with van der Waals surface area (Å²) in [5.41, 5.74) is -1.23. The fraction of sp³-hybridized carbons (Fsp3) is 0.583. The summed E-state index contributed by atoms with van der Waals surface area (Å²) >= 11 is 4.83. The Kier molecular flexibility index (Phi) is 6.95. The Labute approximate surface area is 224 Å². The number of ether oxygens (including phenoxy) is 1. The van der Waals surface area contributed by atoms with Crippen molar-refractivity contribution >= 4 is 20.0 Å². The van der Waals surface area contributed by atoms with Crippen LogP contribution >= 0.6 is 20.0 Å². The van der Waals surface area contributed by atoms with Crippen LogP contribution in [-0.4, -0.2) is 44.4 Å². The third kappa shape index (κ3) is 5.25. The van der Waals surface area contributed by atoms with Gasteiger partial charge >= 0.3 is 13.5 Å². The lowest BCUT2D eigenvalue weighted by atomic mass is 9.78. The van der Waals surface area contributed by atoms with Crippen molar-refractivity contribution in [2.45, 2.75) is 83.2 Å². The van der Waals surface area contributed by atoms with Gasteiger partial charge in [-0.15, -0.1) is 0 Å². The van der Waals surface area contributed by atoms with Crippen LogP contribution in [0.15, 0.2) is 23.1 Å². The molecule has 0 spiro atoms. The lowest BCUT2D eigenvalue weighted by Gasteiger charge is -2.34. The van der Waals surface area contributed by atoms with E-state index in [4.69, 9.17) is 31.9 Å². The zero-order chi connectivity index (χ0) is 29.3. The SMILES string of the molecule is [2H][C@@]1(n2ccc(=S)[nH]c2=O)O[C@](F)(COP2(=O)OCc3c(F)c(C(C)(C)C)cc(C(C)(C)C)c3O2)[C@@H](O)[C@H]1O. The summed E-state index contributed by atoms with van der Waals surface area (Å²) in [7, 11) is -4.62. The molecule has 5 atom stereocenters. The van der Waals surface area contributed by atoms with Gasteiger partial charge in [0.15, 0.2) is 6.20 Å². The van der Waals surface area contributed by atoms with Gasteiger partial charge in [-0.25, -0.2) is 18.1 Å². The van der Waals surface area contributed by atoms with Crippen molar-refractivity contribution < 1.29 is 43.2 Å². The molecule has 1 aromatic heterocycles. The molecule has 2 aliphatic heterocycles. The van der Waals surface area contributed by atoms with Crippen LogP contribution in [0.25, 0.3) is 0 Å². The Morgan fingerprint density at radius 2 is 1.92 bits per heavy atom. The second kappa shape index (κ2) is 9.58.